The monoisotopic (exact) mass is 489 g/mol. The lowest BCUT2D eigenvalue weighted by atomic mass is 9.81. The third-order valence-electron chi connectivity index (χ3n) is 6.72. The van der Waals surface area contributed by atoms with E-state index in [0.717, 1.165) is 53.1 Å². The minimum Gasteiger partial charge on any atom is -0.481 e. The lowest BCUT2D eigenvalue weighted by molar-refractivity contribution is -0.142. The maximum Gasteiger partial charge on any atom is 0.306 e. The van der Waals surface area contributed by atoms with Crippen LogP contribution in [0.3, 0.4) is 0 Å². The Morgan fingerprint density at radius 3 is 2.62 bits per heavy atom. The Balaban J connectivity index is 1.48. The van der Waals surface area contributed by atoms with E-state index in [-0.39, 0.29) is 11.8 Å². The fourth-order valence-electron chi connectivity index (χ4n) is 4.92. The minimum absolute atomic E-state index is 0.208. The third kappa shape index (κ3) is 4.33. The molecule has 2 aromatic heterocycles. The maximum atomic E-state index is 11.3. The van der Waals surface area contributed by atoms with Gasteiger partial charge in [-0.25, -0.2) is 9.97 Å². The van der Waals surface area contributed by atoms with E-state index >= 15 is 0 Å². The SMILES string of the molecule is O=C(O)C1CCC(c2nc(NCc3ccc(Cl)c(Cl)c3)c3c4c(sc3n2)CCCC4)CC1. The van der Waals surface area contributed by atoms with Crippen LogP contribution < -0.4 is 5.32 Å². The van der Waals surface area contributed by atoms with Crippen molar-refractivity contribution in [2.24, 2.45) is 5.92 Å². The largest absolute Gasteiger partial charge is 0.481 e. The highest BCUT2D eigenvalue weighted by molar-refractivity contribution is 7.19. The number of halogens is 2. The number of nitrogens with zero attached hydrogens (tertiary/aromatic N) is 2. The van der Waals surface area contributed by atoms with Crippen LogP contribution in [0.5, 0.6) is 0 Å². The van der Waals surface area contributed by atoms with Gasteiger partial charge in [0.1, 0.15) is 16.5 Å². The Bertz CT molecular complexity index is 1170. The van der Waals surface area contributed by atoms with Gasteiger partial charge in [0, 0.05) is 17.3 Å². The summed E-state index contributed by atoms with van der Waals surface area (Å²) in [6.07, 6.45) is 7.63. The number of rotatable bonds is 5. The number of hydrogen-bond donors (Lipinski definition) is 2. The zero-order valence-electron chi connectivity index (χ0n) is 17.7. The lowest BCUT2D eigenvalue weighted by Gasteiger charge is -2.25. The topological polar surface area (TPSA) is 75.1 Å². The van der Waals surface area contributed by atoms with Crippen LogP contribution in [0, 0.1) is 5.92 Å². The first kappa shape index (κ1) is 21.9. The summed E-state index contributed by atoms with van der Waals surface area (Å²) in [5.41, 5.74) is 2.44. The summed E-state index contributed by atoms with van der Waals surface area (Å²) >= 11 is 14.1. The molecule has 1 saturated carbocycles. The number of anilines is 1. The van der Waals surface area contributed by atoms with Gasteiger partial charge in [0.05, 0.1) is 21.3 Å². The van der Waals surface area contributed by atoms with E-state index in [1.165, 1.54) is 23.3 Å². The van der Waals surface area contributed by atoms with Crippen LogP contribution in [0.2, 0.25) is 10.0 Å². The molecule has 2 aliphatic rings. The van der Waals surface area contributed by atoms with Crippen LogP contribution in [0.4, 0.5) is 5.82 Å². The van der Waals surface area contributed by atoms with Crippen LogP contribution in [-0.2, 0) is 24.2 Å². The average Bonchev–Trinajstić information content (AvgIpc) is 3.18. The Hall–Kier alpha value is -1.89. The first-order chi connectivity index (χ1) is 15.5. The van der Waals surface area contributed by atoms with Gasteiger partial charge >= 0.3 is 5.97 Å². The molecule has 2 N–H and O–H groups in total. The van der Waals surface area contributed by atoms with E-state index in [2.05, 4.69) is 5.32 Å². The third-order valence-corrected chi connectivity index (χ3v) is 8.64. The maximum absolute atomic E-state index is 11.3. The number of aryl methyl sites for hydroxylation is 2. The second-order valence-corrected chi connectivity index (χ2v) is 10.7. The summed E-state index contributed by atoms with van der Waals surface area (Å²) < 4.78 is 0. The summed E-state index contributed by atoms with van der Waals surface area (Å²) in [4.78, 5) is 23.8. The zero-order valence-corrected chi connectivity index (χ0v) is 20.0. The van der Waals surface area contributed by atoms with E-state index in [1.807, 2.05) is 18.2 Å². The van der Waals surface area contributed by atoms with Crippen LogP contribution >= 0.6 is 34.5 Å². The van der Waals surface area contributed by atoms with Crippen LogP contribution in [0.25, 0.3) is 10.2 Å². The molecule has 0 amide bonds. The number of aromatic nitrogens is 2. The standard InChI is InChI=1S/C24H25Cl2N3O2S/c25-17-10-5-13(11-18(17)26)12-27-22-20-16-3-1-2-4-19(16)32-23(20)29-21(28-22)14-6-8-15(9-7-14)24(30)31/h5,10-11,14-15H,1-4,6-9,12H2,(H,30,31)(H,27,28,29). The molecule has 32 heavy (non-hydrogen) atoms. The summed E-state index contributed by atoms with van der Waals surface area (Å²) in [6.45, 7) is 0.596. The summed E-state index contributed by atoms with van der Waals surface area (Å²) in [6, 6.07) is 5.67. The molecular weight excluding hydrogens is 465 g/mol. The highest BCUT2D eigenvalue weighted by Crippen LogP contribution is 2.41. The molecule has 0 spiro atoms. The van der Waals surface area contributed by atoms with E-state index in [4.69, 9.17) is 33.2 Å². The minimum atomic E-state index is -0.685. The molecule has 3 aromatic rings. The van der Waals surface area contributed by atoms with Crippen molar-refractivity contribution in [3.8, 4) is 0 Å². The van der Waals surface area contributed by atoms with Crippen molar-refractivity contribution in [1.29, 1.82) is 0 Å². The molecule has 0 aliphatic heterocycles. The molecule has 0 atom stereocenters. The molecule has 0 radical (unpaired) electrons. The van der Waals surface area contributed by atoms with Crippen molar-refractivity contribution < 1.29 is 9.90 Å². The van der Waals surface area contributed by atoms with Gasteiger partial charge in [-0.2, -0.15) is 0 Å². The van der Waals surface area contributed by atoms with E-state index in [0.29, 0.717) is 29.4 Å². The fraction of sp³-hybridized carbons (Fsp3) is 0.458. The number of thiophene rings is 1. The van der Waals surface area contributed by atoms with Crippen molar-refractivity contribution in [3.05, 3.63) is 50.1 Å². The average molecular weight is 490 g/mol. The van der Waals surface area contributed by atoms with Crippen molar-refractivity contribution in [1.82, 2.24) is 9.97 Å². The van der Waals surface area contributed by atoms with Gasteiger partial charge in [-0.1, -0.05) is 29.3 Å². The highest BCUT2D eigenvalue weighted by atomic mass is 35.5. The zero-order chi connectivity index (χ0) is 22.2. The van der Waals surface area contributed by atoms with Crippen molar-refractivity contribution in [2.75, 3.05) is 5.32 Å². The Kier molecular flexibility index (Phi) is 6.28. The molecule has 1 aromatic carbocycles. The number of fused-ring (bicyclic) bond motifs is 3. The van der Waals surface area contributed by atoms with Crippen molar-refractivity contribution in [3.63, 3.8) is 0 Å². The molecule has 8 heteroatoms. The molecule has 5 rings (SSSR count). The first-order valence-electron chi connectivity index (χ1n) is 11.2. The summed E-state index contributed by atoms with van der Waals surface area (Å²) in [5.74, 6) is 1.01. The molecule has 2 aliphatic carbocycles. The van der Waals surface area contributed by atoms with Gasteiger partial charge in [0.15, 0.2) is 0 Å². The quantitative estimate of drug-likeness (QED) is 0.409. The second kappa shape index (κ2) is 9.16. The number of carboxylic acids is 1. The van der Waals surface area contributed by atoms with E-state index < -0.39 is 5.97 Å². The summed E-state index contributed by atoms with van der Waals surface area (Å²) in [5, 5.41) is 15.1. The van der Waals surface area contributed by atoms with Gasteiger partial charge < -0.3 is 10.4 Å². The fourth-order valence-corrected chi connectivity index (χ4v) is 6.51. The summed E-state index contributed by atoms with van der Waals surface area (Å²) in [7, 11) is 0. The number of nitrogens with one attached hydrogen (secondary N) is 1. The van der Waals surface area contributed by atoms with Gasteiger partial charge in [-0.3, -0.25) is 4.79 Å². The lowest BCUT2D eigenvalue weighted by Crippen LogP contribution is -2.21. The number of aliphatic carboxylic acids is 1. The van der Waals surface area contributed by atoms with Crippen LogP contribution in [-0.4, -0.2) is 21.0 Å². The Morgan fingerprint density at radius 2 is 1.88 bits per heavy atom. The molecule has 168 valence electrons. The van der Waals surface area contributed by atoms with Crippen LogP contribution in [0.15, 0.2) is 18.2 Å². The molecule has 1 fully saturated rings. The predicted molar refractivity (Wildman–Crippen MR) is 130 cm³/mol. The molecule has 0 unspecified atom stereocenters. The van der Waals surface area contributed by atoms with Crippen molar-refractivity contribution >= 4 is 56.5 Å². The highest BCUT2D eigenvalue weighted by Gasteiger charge is 2.30. The number of benzene rings is 1. The molecule has 0 saturated heterocycles. The Morgan fingerprint density at radius 1 is 1.09 bits per heavy atom. The second-order valence-electron chi connectivity index (χ2n) is 8.81. The van der Waals surface area contributed by atoms with E-state index in [9.17, 15) is 9.90 Å². The number of carboxylic acid groups (broad SMARTS) is 1. The molecular formula is C24H25Cl2N3O2S. The number of carbonyl (C=O) groups is 1. The van der Waals surface area contributed by atoms with E-state index in [1.54, 1.807) is 11.3 Å². The number of hydrogen-bond acceptors (Lipinski definition) is 5. The smallest absolute Gasteiger partial charge is 0.306 e. The normalized spacial score (nSPS) is 20.8. The molecule has 2 heterocycles. The first-order valence-corrected chi connectivity index (χ1v) is 12.8. The van der Waals surface area contributed by atoms with Crippen LogP contribution in [0.1, 0.15) is 66.3 Å². The van der Waals surface area contributed by atoms with Crippen molar-refractivity contribution in [2.45, 2.75) is 63.8 Å². The van der Waals surface area contributed by atoms with Gasteiger partial charge in [-0.05, 0) is 74.6 Å². The Labute approximate surface area is 201 Å². The molecule has 5 nitrogen and oxygen atoms in total. The predicted octanol–water partition coefficient (Wildman–Crippen LogP) is 6.85. The van der Waals surface area contributed by atoms with Gasteiger partial charge in [-0.15, -0.1) is 11.3 Å². The molecule has 0 bridgehead atoms. The van der Waals surface area contributed by atoms with Gasteiger partial charge in [0.2, 0.25) is 0 Å². The van der Waals surface area contributed by atoms with Gasteiger partial charge in [0.25, 0.3) is 0 Å².